The van der Waals surface area contributed by atoms with E-state index >= 15 is 0 Å². The lowest BCUT2D eigenvalue weighted by molar-refractivity contribution is -0.384. The fraction of sp³-hybridized carbons (Fsp3) is 0.667. The first kappa shape index (κ1) is 15.2. The zero-order chi connectivity index (χ0) is 15.4. The molecule has 22 heavy (non-hydrogen) atoms. The molecule has 0 saturated carbocycles. The molecular formula is C15H22N4O3. The van der Waals surface area contributed by atoms with E-state index in [-0.39, 0.29) is 5.69 Å². The van der Waals surface area contributed by atoms with Crippen LogP contribution in [0.2, 0.25) is 0 Å². The van der Waals surface area contributed by atoms with Crippen molar-refractivity contribution in [3.63, 3.8) is 0 Å². The number of ether oxygens (including phenoxy) is 1. The minimum absolute atomic E-state index is 0.0327. The van der Waals surface area contributed by atoms with E-state index in [4.69, 9.17) is 4.74 Å². The van der Waals surface area contributed by atoms with Gasteiger partial charge in [-0.15, -0.1) is 0 Å². The average molecular weight is 306 g/mol. The van der Waals surface area contributed by atoms with Crippen molar-refractivity contribution in [1.82, 2.24) is 9.88 Å². The van der Waals surface area contributed by atoms with E-state index in [1.54, 1.807) is 12.3 Å². The number of pyridine rings is 1. The molecule has 2 aliphatic rings. The van der Waals surface area contributed by atoms with Gasteiger partial charge in [0.1, 0.15) is 0 Å². The average Bonchev–Trinajstić information content (AvgIpc) is 3.21. The van der Waals surface area contributed by atoms with Crippen LogP contribution in [-0.2, 0) is 4.74 Å². The van der Waals surface area contributed by atoms with Crippen LogP contribution in [0.3, 0.4) is 0 Å². The highest BCUT2D eigenvalue weighted by molar-refractivity contribution is 5.55. The standard InChI is InChI=1S/C15H22N4O3/c20-19(21)13-4-3-6-16-15(13)17-10-14(12-5-9-22-11-12)18-7-1-2-8-18/h3-4,6,12,14H,1-2,5,7-11H2,(H,16,17)/t12-,14+/m0/s1. The van der Waals surface area contributed by atoms with Crippen molar-refractivity contribution in [2.24, 2.45) is 5.92 Å². The summed E-state index contributed by atoms with van der Waals surface area (Å²) in [6, 6.07) is 3.43. The maximum Gasteiger partial charge on any atom is 0.311 e. The number of anilines is 1. The second-order valence-electron chi connectivity index (χ2n) is 5.94. The van der Waals surface area contributed by atoms with Gasteiger partial charge in [0.15, 0.2) is 0 Å². The van der Waals surface area contributed by atoms with Crippen LogP contribution in [0.25, 0.3) is 0 Å². The molecule has 0 bridgehead atoms. The first-order valence-electron chi connectivity index (χ1n) is 7.91. The van der Waals surface area contributed by atoms with Crippen LogP contribution in [0, 0.1) is 16.0 Å². The quantitative estimate of drug-likeness (QED) is 0.638. The molecule has 1 aromatic rings. The second-order valence-corrected chi connectivity index (χ2v) is 5.94. The molecule has 1 aromatic heterocycles. The first-order chi connectivity index (χ1) is 10.8. The van der Waals surface area contributed by atoms with Crippen molar-refractivity contribution in [2.75, 3.05) is 38.2 Å². The molecule has 3 rings (SSSR count). The van der Waals surface area contributed by atoms with Crippen molar-refractivity contribution >= 4 is 11.5 Å². The molecule has 7 heteroatoms. The van der Waals surface area contributed by atoms with Crippen molar-refractivity contribution in [3.05, 3.63) is 28.4 Å². The van der Waals surface area contributed by atoms with Crippen LogP contribution in [0.4, 0.5) is 11.5 Å². The summed E-state index contributed by atoms with van der Waals surface area (Å²) < 4.78 is 5.53. The number of likely N-dealkylation sites (tertiary alicyclic amines) is 1. The summed E-state index contributed by atoms with van der Waals surface area (Å²) in [5.41, 5.74) is 0.0327. The van der Waals surface area contributed by atoms with E-state index in [1.807, 2.05) is 0 Å². The number of nitrogens with one attached hydrogen (secondary N) is 1. The summed E-state index contributed by atoms with van der Waals surface area (Å²) in [7, 11) is 0. The summed E-state index contributed by atoms with van der Waals surface area (Å²) in [6.45, 7) is 4.48. The smallest absolute Gasteiger partial charge is 0.311 e. The van der Waals surface area contributed by atoms with Gasteiger partial charge in [0, 0.05) is 37.4 Å². The molecule has 0 aliphatic carbocycles. The lowest BCUT2D eigenvalue weighted by Gasteiger charge is -2.32. The Morgan fingerprint density at radius 1 is 1.50 bits per heavy atom. The lowest BCUT2D eigenvalue weighted by Crippen LogP contribution is -2.44. The van der Waals surface area contributed by atoms with E-state index in [9.17, 15) is 10.1 Å². The van der Waals surface area contributed by atoms with Gasteiger partial charge in [0.25, 0.3) is 0 Å². The molecule has 0 aromatic carbocycles. The highest BCUT2D eigenvalue weighted by atomic mass is 16.6. The molecule has 2 atom stereocenters. The van der Waals surface area contributed by atoms with Crippen LogP contribution < -0.4 is 5.32 Å². The van der Waals surface area contributed by atoms with E-state index in [0.29, 0.717) is 24.3 Å². The fourth-order valence-corrected chi connectivity index (χ4v) is 3.40. The SMILES string of the molecule is O=[N+]([O-])c1cccnc1NC[C@H]([C@H]1CCOC1)N1CCCC1. The zero-order valence-corrected chi connectivity index (χ0v) is 12.6. The molecule has 120 valence electrons. The van der Waals surface area contributed by atoms with E-state index in [1.165, 1.54) is 18.9 Å². The molecule has 1 N–H and O–H groups in total. The van der Waals surface area contributed by atoms with Gasteiger partial charge in [0.05, 0.1) is 11.5 Å². The summed E-state index contributed by atoms with van der Waals surface area (Å²) >= 11 is 0. The molecule has 0 amide bonds. The third-order valence-corrected chi connectivity index (χ3v) is 4.58. The van der Waals surface area contributed by atoms with Crippen molar-refractivity contribution in [2.45, 2.75) is 25.3 Å². The molecule has 0 spiro atoms. The van der Waals surface area contributed by atoms with Gasteiger partial charge in [-0.1, -0.05) is 0 Å². The Labute approximate surface area is 129 Å². The fourth-order valence-electron chi connectivity index (χ4n) is 3.40. The van der Waals surface area contributed by atoms with E-state index in [0.717, 1.165) is 32.7 Å². The van der Waals surface area contributed by atoms with Crippen LogP contribution in [0.15, 0.2) is 18.3 Å². The number of hydrogen-bond donors (Lipinski definition) is 1. The minimum Gasteiger partial charge on any atom is -0.381 e. The third kappa shape index (κ3) is 3.36. The van der Waals surface area contributed by atoms with Gasteiger partial charge < -0.3 is 10.1 Å². The largest absolute Gasteiger partial charge is 0.381 e. The van der Waals surface area contributed by atoms with Crippen LogP contribution in [0.1, 0.15) is 19.3 Å². The number of rotatable bonds is 6. The first-order valence-corrected chi connectivity index (χ1v) is 7.91. The Kier molecular flexibility index (Phi) is 4.84. The topological polar surface area (TPSA) is 80.5 Å². The normalized spacial score (nSPS) is 23.5. The predicted octanol–water partition coefficient (Wildman–Crippen LogP) is 1.90. The summed E-state index contributed by atoms with van der Waals surface area (Å²) in [6.07, 6.45) is 5.10. The van der Waals surface area contributed by atoms with Gasteiger partial charge in [-0.3, -0.25) is 15.0 Å². The van der Waals surface area contributed by atoms with Gasteiger partial charge in [-0.25, -0.2) is 4.98 Å². The number of nitro groups is 1. The molecule has 2 fully saturated rings. The predicted molar refractivity (Wildman–Crippen MR) is 82.9 cm³/mol. The Morgan fingerprint density at radius 3 is 3.00 bits per heavy atom. The Morgan fingerprint density at radius 2 is 2.32 bits per heavy atom. The second kappa shape index (κ2) is 7.02. The molecule has 7 nitrogen and oxygen atoms in total. The third-order valence-electron chi connectivity index (χ3n) is 4.58. The van der Waals surface area contributed by atoms with E-state index in [2.05, 4.69) is 15.2 Å². The van der Waals surface area contributed by atoms with Gasteiger partial charge >= 0.3 is 5.69 Å². The monoisotopic (exact) mass is 306 g/mol. The number of aromatic nitrogens is 1. The molecular weight excluding hydrogens is 284 g/mol. The lowest BCUT2D eigenvalue weighted by atomic mass is 9.97. The number of nitrogens with zero attached hydrogens (tertiary/aromatic N) is 3. The summed E-state index contributed by atoms with van der Waals surface area (Å²) in [5, 5.41) is 14.3. The highest BCUT2D eigenvalue weighted by Crippen LogP contribution is 2.26. The van der Waals surface area contributed by atoms with Crippen LogP contribution in [0.5, 0.6) is 0 Å². The van der Waals surface area contributed by atoms with Gasteiger partial charge in [0.2, 0.25) is 5.82 Å². The minimum atomic E-state index is -0.390. The zero-order valence-electron chi connectivity index (χ0n) is 12.6. The Hall–Kier alpha value is -1.73. The number of hydrogen-bond acceptors (Lipinski definition) is 6. The van der Waals surface area contributed by atoms with Crippen LogP contribution in [-0.4, -0.2) is 53.7 Å². The van der Waals surface area contributed by atoms with Crippen molar-refractivity contribution in [3.8, 4) is 0 Å². The van der Waals surface area contributed by atoms with Crippen molar-refractivity contribution in [1.29, 1.82) is 0 Å². The van der Waals surface area contributed by atoms with E-state index < -0.39 is 4.92 Å². The maximum absolute atomic E-state index is 11.1. The molecule has 2 saturated heterocycles. The summed E-state index contributed by atoms with van der Waals surface area (Å²) in [4.78, 5) is 17.3. The van der Waals surface area contributed by atoms with Crippen LogP contribution >= 0.6 is 0 Å². The Balaban J connectivity index is 1.69. The van der Waals surface area contributed by atoms with Gasteiger partial charge in [-0.05, 0) is 38.4 Å². The molecule has 0 radical (unpaired) electrons. The molecule has 2 aliphatic heterocycles. The highest BCUT2D eigenvalue weighted by Gasteiger charge is 2.32. The summed E-state index contributed by atoms with van der Waals surface area (Å²) in [5.74, 6) is 0.851. The maximum atomic E-state index is 11.1. The van der Waals surface area contributed by atoms with Crippen molar-refractivity contribution < 1.29 is 9.66 Å². The van der Waals surface area contributed by atoms with Gasteiger partial charge in [-0.2, -0.15) is 0 Å². The molecule has 0 unspecified atom stereocenters. The Bertz CT molecular complexity index is 497. The molecule has 3 heterocycles.